The number of rotatable bonds is 7. The molecule has 0 saturated heterocycles. The molecule has 3 N–H and O–H groups in total. The highest BCUT2D eigenvalue weighted by Gasteiger charge is 2.31. The van der Waals surface area contributed by atoms with Gasteiger partial charge in [0, 0.05) is 16.7 Å². The van der Waals surface area contributed by atoms with Crippen LogP contribution in [0.2, 0.25) is 0 Å². The van der Waals surface area contributed by atoms with E-state index in [9.17, 15) is 4.79 Å². The second-order valence-corrected chi connectivity index (χ2v) is 6.01. The summed E-state index contributed by atoms with van der Waals surface area (Å²) >= 11 is 1.60. The fourth-order valence-corrected chi connectivity index (χ4v) is 2.73. The standard InChI is InChI=1S/C14H22N2O2S/c1-10(2)16-14(3,13(15)17)9-19-12-7-5-11(18-4)6-8-12/h5-8,10,16H,9H2,1-4H3,(H2,15,17). The molecule has 1 aromatic carbocycles. The molecule has 0 bridgehead atoms. The number of thioether (sulfide) groups is 1. The minimum atomic E-state index is -0.710. The van der Waals surface area contributed by atoms with Gasteiger partial charge in [-0.15, -0.1) is 11.8 Å². The van der Waals surface area contributed by atoms with E-state index in [2.05, 4.69) is 5.32 Å². The van der Waals surface area contributed by atoms with Gasteiger partial charge >= 0.3 is 0 Å². The number of methoxy groups -OCH3 is 1. The Bertz CT molecular complexity index is 420. The maximum absolute atomic E-state index is 11.6. The van der Waals surface area contributed by atoms with Crippen LogP contribution in [0.5, 0.6) is 5.75 Å². The highest BCUT2D eigenvalue weighted by Crippen LogP contribution is 2.25. The number of nitrogens with two attached hydrogens (primary N) is 1. The van der Waals surface area contributed by atoms with Gasteiger partial charge in [-0.05, 0) is 45.0 Å². The Morgan fingerprint density at radius 3 is 2.42 bits per heavy atom. The normalized spacial score (nSPS) is 14.2. The van der Waals surface area contributed by atoms with Crippen LogP contribution in [0.4, 0.5) is 0 Å². The Labute approximate surface area is 119 Å². The van der Waals surface area contributed by atoms with Crippen LogP contribution >= 0.6 is 11.8 Å². The number of hydrogen-bond donors (Lipinski definition) is 2. The maximum atomic E-state index is 11.6. The molecule has 0 saturated carbocycles. The summed E-state index contributed by atoms with van der Waals surface area (Å²) in [7, 11) is 1.64. The number of carbonyl (C=O) groups is 1. The number of amides is 1. The second-order valence-electron chi connectivity index (χ2n) is 4.96. The van der Waals surface area contributed by atoms with E-state index >= 15 is 0 Å². The topological polar surface area (TPSA) is 64.3 Å². The van der Waals surface area contributed by atoms with Crippen molar-refractivity contribution in [3.05, 3.63) is 24.3 Å². The molecule has 0 aliphatic rings. The van der Waals surface area contributed by atoms with Gasteiger partial charge in [0.25, 0.3) is 0 Å². The van der Waals surface area contributed by atoms with E-state index in [1.165, 1.54) is 0 Å². The quantitative estimate of drug-likeness (QED) is 0.751. The van der Waals surface area contributed by atoms with Crippen LogP contribution in [0.25, 0.3) is 0 Å². The highest BCUT2D eigenvalue weighted by molar-refractivity contribution is 7.99. The van der Waals surface area contributed by atoms with Gasteiger partial charge in [-0.25, -0.2) is 0 Å². The summed E-state index contributed by atoms with van der Waals surface area (Å²) in [4.78, 5) is 12.7. The second kappa shape index (κ2) is 6.82. The van der Waals surface area contributed by atoms with Crippen LogP contribution in [-0.2, 0) is 4.79 Å². The van der Waals surface area contributed by atoms with Gasteiger partial charge in [0.1, 0.15) is 11.3 Å². The van der Waals surface area contributed by atoms with Crippen LogP contribution in [0.15, 0.2) is 29.2 Å². The molecule has 0 heterocycles. The molecule has 0 aromatic heterocycles. The molecule has 0 spiro atoms. The van der Waals surface area contributed by atoms with E-state index in [-0.39, 0.29) is 11.9 Å². The first-order valence-corrected chi connectivity index (χ1v) is 7.20. The van der Waals surface area contributed by atoms with Crippen molar-refractivity contribution >= 4 is 17.7 Å². The smallest absolute Gasteiger partial charge is 0.238 e. The Kier molecular flexibility index (Phi) is 5.69. The average molecular weight is 282 g/mol. The zero-order chi connectivity index (χ0) is 14.5. The first kappa shape index (κ1) is 15.9. The molecule has 5 heteroatoms. The SMILES string of the molecule is COc1ccc(SCC(C)(NC(C)C)C(N)=O)cc1. The van der Waals surface area contributed by atoms with Crippen molar-refractivity contribution in [2.24, 2.45) is 5.73 Å². The minimum absolute atomic E-state index is 0.203. The Balaban J connectivity index is 2.67. The van der Waals surface area contributed by atoms with Crippen LogP contribution in [0.1, 0.15) is 20.8 Å². The molecule has 1 unspecified atom stereocenters. The lowest BCUT2D eigenvalue weighted by molar-refractivity contribution is -0.123. The number of primary amides is 1. The third-order valence-electron chi connectivity index (χ3n) is 2.74. The summed E-state index contributed by atoms with van der Waals surface area (Å²) in [5.74, 6) is 1.08. The largest absolute Gasteiger partial charge is 0.497 e. The third kappa shape index (κ3) is 4.76. The van der Waals surface area contributed by atoms with E-state index < -0.39 is 5.54 Å². The van der Waals surface area contributed by atoms with E-state index in [0.717, 1.165) is 10.6 Å². The third-order valence-corrected chi connectivity index (χ3v) is 4.07. The zero-order valence-electron chi connectivity index (χ0n) is 11.9. The number of ether oxygens (including phenoxy) is 1. The van der Waals surface area contributed by atoms with Crippen molar-refractivity contribution in [3.8, 4) is 5.75 Å². The predicted octanol–water partition coefficient (Wildman–Crippen LogP) is 2.03. The van der Waals surface area contributed by atoms with Crippen LogP contribution < -0.4 is 15.8 Å². The fraction of sp³-hybridized carbons (Fsp3) is 0.500. The number of nitrogens with one attached hydrogen (secondary N) is 1. The predicted molar refractivity (Wildman–Crippen MR) is 79.6 cm³/mol. The monoisotopic (exact) mass is 282 g/mol. The van der Waals surface area contributed by atoms with E-state index in [4.69, 9.17) is 10.5 Å². The van der Waals surface area contributed by atoms with Crippen molar-refractivity contribution in [1.82, 2.24) is 5.32 Å². The van der Waals surface area contributed by atoms with Crippen LogP contribution in [-0.4, -0.2) is 30.4 Å². The summed E-state index contributed by atoms with van der Waals surface area (Å²) in [6.07, 6.45) is 0. The number of benzene rings is 1. The lowest BCUT2D eigenvalue weighted by Crippen LogP contribution is -2.57. The molecule has 1 amide bonds. The van der Waals surface area contributed by atoms with Gasteiger partial charge in [-0.1, -0.05) is 0 Å². The molecule has 1 atom stereocenters. The minimum Gasteiger partial charge on any atom is -0.497 e. The van der Waals surface area contributed by atoms with Crippen LogP contribution in [0, 0.1) is 0 Å². The van der Waals surface area contributed by atoms with E-state index in [1.54, 1.807) is 18.9 Å². The molecule has 1 rings (SSSR count). The molecule has 1 aromatic rings. The molecule has 19 heavy (non-hydrogen) atoms. The molecular formula is C14H22N2O2S. The van der Waals surface area contributed by atoms with Crippen molar-refractivity contribution in [3.63, 3.8) is 0 Å². The van der Waals surface area contributed by atoms with Gasteiger partial charge in [-0.2, -0.15) is 0 Å². The van der Waals surface area contributed by atoms with Gasteiger partial charge in [0.2, 0.25) is 5.91 Å². The van der Waals surface area contributed by atoms with E-state index in [1.807, 2.05) is 45.0 Å². The van der Waals surface area contributed by atoms with Crippen molar-refractivity contribution < 1.29 is 9.53 Å². The Morgan fingerprint density at radius 2 is 2.00 bits per heavy atom. The summed E-state index contributed by atoms with van der Waals surface area (Å²) in [6, 6.07) is 7.95. The number of hydrogen-bond acceptors (Lipinski definition) is 4. The lowest BCUT2D eigenvalue weighted by atomic mass is 10.0. The summed E-state index contributed by atoms with van der Waals surface area (Å²) in [5, 5.41) is 3.23. The van der Waals surface area contributed by atoms with Crippen molar-refractivity contribution in [2.45, 2.75) is 37.2 Å². The molecule has 0 aliphatic heterocycles. The van der Waals surface area contributed by atoms with Gasteiger partial charge < -0.3 is 15.8 Å². The van der Waals surface area contributed by atoms with Gasteiger partial charge in [0.05, 0.1) is 7.11 Å². The highest BCUT2D eigenvalue weighted by atomic mass is 32.2. The molecule has 4 nitrogen and oxygen atoms in total. The summed E-state index contributed by atoms with van der Waals surface area (Å²) in [5.41, 5.74) is 4.78. The average Bonchev–Trinajstić information content (AvgIpc) is 2.36. The van der Waals surface area contributed by atoms with Crippen molar-refractivity contribution in [1.29, 1.82) is 0 Å². The molecule has 0 fully saturated rings. The summed E-state index contributed by atoms with van der Waals surface area (Å²) < 4.78 is 5.11. The zero-order valence-corrected chi connectivity index (χ0v) is 12.7. The fourth-order valence-electron chi connectivity index (χ4n) is 1.72. The Hall–Kier alpha value is -1.20. The Morgan fingerprint density at radius 1 is 1.42 bits per heavy atom. The van der Waals surface area contributed by atoms with E-state index in [0.29, 0.717) is 5.75 Å². The lowest BCUT2D eigenvalue weighted by Gasteiger charge is -2.29. The molecule has 0 radical (unpaired) electrons. The first-order valence-electron chi connectivity index (χ1n) is 6.22. The maximum Gasteiger partial charge on any atom is 0.238 e. The van der Waals surface area contributed by atoms with Gasteiger partial charge in [-0.3, -0.25) is 4.79 Å². The van der Waals surface area contributed by atoms with Gasteiger partial charge in [0.15, 0.2) is 0 Å². The molecule has 0 aliphatic carbocycles. The summed E-state index contributed by atoms with van der Waals surface area (Å²) in [6.45, 7) is 5.84. The van der Waals surface area contributed by atoms with Crippen molar-refractivity contribution in [2.75, 3.05) is 12.9 Å². The first-order chi connectivity index (χ1) is 8.87. The van der Waals surface area contributed by atoms with Crippen LogP contribution in [0.3, 0.4) is 0 Å². The number of carbonyl (C=O) groups excluding carboxylic acids is 1. The molecule has 106 valence electrons. The molecular weight excluding hydrogens is 260 g/mol.